The molecule has 1 aromatic carbocycles. The smallest absolute Gasteiger partial charge is 0.423 e. The van der Waals surface area contributed by atoms with Gasteiger partial charge in [-0.3, -0.25) is 0 Å². The van der Waals surface area contributed by atoms with E-state index in [1.807, 2.05) is 0 Å². The highest BCUT2D eigenvalue weighted by molar-refractivity contribution is 6.58. The highest BCUT2D eigenvalue weighted by Gasteiger charge is 2.35. The number of hydrogen-bond acceptors (Lipinski definition) is 3. The summed E-state index contributed by atoms with van der Waals surface area (Å²) < 4.78 is 40.3. The fourth-order valence-electron chi connectivity index (χ4n) is 1.78. The Morgan fingerprint density at radius 1 is 1.26 bits per heavy atom. The van der Waals surface area contributed by atoms with Gasteiger partial charge in [0.15, 0.2) is 0 Å². The molecule has 8 heteroatoms. The number of rotatable bonds is 2. The van der Waals surface area contributed by atoms with Gasteiger partial charge in [-0.25, -0.2) is 4.98 Å². The van der Waals surface area contributed by atoms with Crippen molar-refractivity contribution in [3.8, 4) is 5.69 Å². The standard InChI is InChI=1S/C11H10BF3N2O2/c1-7-16-4-5-17(7)10-3-2-8(12(18)19)6-9(10)11(13,14)15/h2-6,18-19H,1H3. The molecule has 2 aromatic rings. The van der Waals surface area contributed by atoms with Crippen molar-refractivity contribution < 1.29 is 23.2 Å². The van der Waals surface area contributed by atoms with Gasteiger partial charge in [0, 0.05) is 12.4 Å². The first-order chi connectivity index (χ1) is 8.80. The van der Waals surface area contributed by atoms with Gasteiger partial charge < -0.3 is 14.6 Å². The number of alkyl halides is 3. The first kappa shape index (κ1) is 13.6. The normalized spacial score (nSPS) is 11.7. The zero-order chi connectivity index (χ0) is 14.2. The molecular weight excluding hydrogens is 260 g/mol. The Kier molecular flexibility index (Phi) is 3.38. The lowest BCUT2D eigenvalue weighted by molar-refractivity contribution is -0.137. The largest absolute Gasteiger partial charge is 0.488 e. The minimum Gasteiger partial charge on any atom is -0.423 e. The lowest BCUT2D eigenvalue weighted by atomic mass is 9.79. The molecule has 0 atom stereocenters. The summed E-state index contributed by atoms with van der Waals surface area (Å²) in [6.45, 7) is 1.58. The Morgan fingerprint density at radius 2 is 1.95 bits per heavy atom. The molecule has 19 heavy (non-hydrogen) atoms. The SMILES string of the molecule is Cc1nccn1-c1ccc(B(O)O)cc1C(F)(F)F. The molecule has 0 bridgehead atoms. The van der Waals surface area contributed by atoms with Crippen LogP contribution < -0.4 is 5.46 Å². The number of hydrogen-bond donors (Lipinski definition) is 2. The predicted molar refractivity (Wildman–Crippen MR) is 63.1 cm³/mol. The van der Waals surface area contributed by atoms with E-state index in [9.17, 15) is 13.2 Å². The third-order valence-electron chi connectivity index (χ3n) is 2.71. The van der Waals surface area contributed by atoms with Crippen molar-refractivity contribution in [2.45, 2.75) is 13.1 Å². The van der Waals surface area contributed by atoms with Gasteiger partial charge in [0.05, 0.1) is 11.3 Å². The van der Waals surface area contributed by atoms with E-state index in [2.05, 4.69) is 4.98 Å². The first-order valence-electron chi connectivity index (χ1n) is 5.38. The minimum absolute atomic E-state index is 0.105. The number of aromatic nitrogens is 2. The van der Waals surface area contributed by atoms with Crippen molar-refractivity contribution >= 4 is 12.6 Å². The van der Waals surface area contributed by atoms with Crippen LogP contribution in [0, 0.1) is 6.92 Å². The van der Waals surface area contributed by atoms with Crippen LogP contribution >= 0.6 is 0 Å². The summed E-state index contributed by atoms with van der Waals surface area (Å²) in [6.07, 6.45) is -1.80. The summed E-state index contributed by atoms with van der Waals surface area (Å²) in [5.74, 6) is 0.405. The van der Waals surface area contributed by atoms with E-state index in [-0.39, 0.29) is 11.2 Å². The molecule has 0 amide bonds. The van der Waals surface area contributed by atoms with Crippen molar-refractivity contribution in [1.82, 2.24) is 9.55 Å². The maximum Gasteiger partial charge on any atom is 0.488 e. The lowest BCUT2D eigenvalue weighted by Gasteiger charge is -2.16. The van der Waals surface area contributed by atoms with Gasteiger partial charge in [-0.1, -0.05) is 6.07 Å². The lowest BCUT2D eigenvalue weighted by Crippen LogP contribution is -2.31. The molecule has 4 nitrogen and oxygen atoms in total. The second-order valence-corrected chi connectivity index (χ2v) is 3.99. The monoisotopic (exact) mass is 270 g/mol. The molecule has 0 aliphatic rings. The minimum atomic E-state index is -4.60. The average Bonchev–Trinajstić information content (AvgIpc) is 2.73. The van der Waals surface area contributed by atoms with Crippen LogP contribution in [0.1, 0.15) is 11.4 Å². The molecule has 0 saturated heterocycles. The van der Waals surface area contributed by atoms with Gasteiger partial charge in [0.2, 0.25) is 0 Å². The van der Waals surface area contributed by atoms with E-state index < -0.39 is 18.9 Å². The molecule has 1 heterocycles. The van der Waals surface area contributed by atoms with Gasteiger partial charge in [0.1, 0.15) is 5.82 Å². The Labute approximate surface area is 107 Å². The molecule has 2 N–H and O–H groups in total. The fraction of sp³-hybridized carbons (Fsp3) is 0.182. The van der Waals surface area contributed by atoms with E-state index in [0.717, 1.165) is 6.07 Å². The van der Waals surface area contributed by atoms with Gasteiger partial charge in [0.25, 0.3) is 0 Å². The summed E-state index contributed by atoms with van der Waals surface area (Å²) >= 11 is 0. The number of nitrogens with zero attached hydrogens (tertiary/aromatic N) is 2. The van der Waals surface area contributed by atoms with Gasteiger partial charge in [-0.05, 0) is 24.5 Å². The second kappa shape index (κ2) is 4.71. The summed E-state index contributed by atoms with van der Waals surface area (Å²) in [7, 11) is -1.95. The van der Waals surface area contributed by atoms with Crippen molar-refractivity contribution in [1.29, 1.82) is 0 Å². The Bertz CT molecular complexity index is 596. The van der Waals surface area contributed by atoms with Crippen LogP contribution in [0.15, 0.2) is 30.6 Å². The average molecular weight is 270 g/mol. The zero-order valence-corrected chi connectivity index (χ0v) is 9.89. The maximum absolute atomic E-state index is 13.0. The number of aryl methyl sites for hydroxylation is 1. The third kappa shape index (κ3) is 2.64. The van der Waals surface area contributed by atoms with Crippen LogP contribution in [0.4, 0.5) is 13.2 Å². The summed E-state index contributed by atoms with van der Waals surface area (Å²) in [5.41, 5.74) is -1.26. The van der Waals surface area contributed by atoms with Crippen LogP contribution in [-0.2, 0) is 6.18 Å². The first-order valence-corrected chi connectivity index (χ1v) is 5.38. The quantitative estimate of drug-likeness (QED) is 0.796. The molecule has 1 aromatic heterocycles. The molecular formula is C11H10BF3N2O2. The molecule has 2 rings (SSSR count). The van der Waals surface area contributed by atoms with Crippen LogP contribution in [0.5, 0.6) is 0 Å². The third-order valence-corrected chi connectivity index (χ3v) is 2.71. The molecule has 0 spiro atoms. The number of imidazole rings is 1. The summed E-state index contributed by atoms with van der Waals surface area (Å²) in [4.78, 5) is 3.87. The highest BCUT2D eigenvalue weighted by atomic mass is 19.4. The summed E-state index contributed by atoms with van der Waals surface area (Å²) in [6, 6.07) is 3.14. The van der Waals surface area contributed by atoms with Crippen molar-refractivity contribution in [2.75, 3.05) is 0 Å². The van der Waals surface area contributed by atoms with E-state index in [0.29, 0.717) is 5.82 Å². The summed E-state index contributed by atoms with van der Waals surface area (Å²) in [5, 5.41) is 17.9. The van der Waals surface area contributed by atoms with E-state index in [1.165, 1.54) is 29.1 Å². The molecule has 0 aliphatic heterocycles. The van der Waals surface area contributed by atoms with E-state index in [4.69, 9.17) is 10.0 Å². The van der Waals surface area contributed by atoms with Crippen molar-refractivity contribution in [3.05, 3.63) is 42.0 Å². The van der Waals surface area contributed by atoms with Crippen molar-refractivity contribution in [2.24, 2.45) is 0 Å². The van der Waals surface area contributed by atoms with Crippen LogP contribution in [0.25, 0.3) is 5.69 Å². The maximum atomic E-state index is 13.0. The topological polar surface area (TPSA) is 58.3 Å². The molecule has 0 unspecified atom stereocenters. The van der Waals surface area contributed by atoms with E-state index in [1.54, 1.807) is 6.92 Å². The zero-order valence-electron chi connectivity index (χ0n) is 9.89. The Balaban J connectivity index is 2.65. The van der Waals surface area contributed by atoms with Gasteiger partial charge in [-0.2, -0.15) is 13.2 Å². The van der Waals surface area contributed by atoms with E-state index >= 15 is 0 Å². The molecule has 0 saturated carbocycles. The van der Waals surface area contributed by atoms with Crippen LogP contribution in [0.3, 0.4) is 0 Å². The second-order valence-electron chi connectivity index (χ2n) is 3.99. The Hall–Kier alpha value is -1.80. The number of benzene rings is 1. The molecule has 0 aliphatic carbocycles. The Morgan fingerprint density at radius 3 is 2.42 bits per heavy atom. The van der Waals surface area contributed by atoms with Gasteiger partial charge >= 0.3 is 13.3 Å². The van der Waals surface area contributed by atoms with Crippen LogP contribution in [-0.4, -0.2) is 26.7 Å². The van der Waals surface area contributed by atoms with Crippen molar-refractivity contribution in [3.63, 3.8) is 0 Å². The molecule has 100 valence electrons. The van der Waals surface area contributed by atoms with Crippen LogP contribution in [0.2, 0.25) is 0 Å². The molecule has 0 radical (unpaired) electrons. The fourth-order valence-corrected chi connectivity index (χ4v) is 1.78. The molecule has 0 fully saturated rings. The van der Waals surface area contributed by atoms with Gasteiger partial charge in [-0.15, -0.1) is 0 Å². The predicted octanol–water partition coefficient (Wildman–Crippen LogP) is 0.879. The number of halogens is 3. The highest BCUT2D eigenvalue weighted by Crippen LogP contribution is 2.33.